The van der Waals surface area contributed by atoms with E-state index in [0.717, 1.165) is 30.0 Å². The van der Waals surface area contributed by atoms with Gasteiger partial charge in [0, 0.05) is 51.1 Å². The van der Waals surface area contributed by atoms with Crippen LogP contribution in [-0.4, -0.2) is 65.5 Å². The maximum atomic E-state index is 12.5. The summed E-state index contributed by atoms with van der Waals surface area (Å²) in [5.41, 5.74) is 1.74. The van der Waals surface area contributed by atoms with E-state index in [9.17, 15) is 9.59 Å². The number of rotatable bonds is 2. The summed E-state index contributed by atoms with van der Waals surface area (Å²) in [5, 5.41) is 3.96. The molecular formula is C16H24N4O3. The maximum Gasteiger partial charge on any atom is 0.319 e. The van der Waals surface area contributed by atoms with Crippen LogP contribution in [0.1, 0.15) is 29.9 Å². The second-order valence-corrected chi connectivity index (χ2v) is 7.08. The van der Waals surface area contributed by atoms with Gasteiger partial charge in [0.15, 0.2) is 0 Å². The van der Waals surface area contributed by atoms with Gasteiger partial charge in [-0.3, -0.25) is 4.79 Å². The molecule has 7 heteroatoms. The fourth-order valence-electron chi connectivity index (χ4n) is 3.70. The van der Waals surface area contributed by atoms with Crippen LogP contribution >= 0.6 is 0 Å². The molecule has 1 aromatic rings. The van der Waals surface area contributed by atoms with Crippen LogP contribution in [0, 0.1) is 19.3 Å². The van der Waals surface area contributed by atoms with Gasteiger partial charge in [0.05, 0.1) is 12.2 Å². The standard InChI is InChI=1S/C16H24N4O3/c1-11-13(12(2)23-17-11)8-20-10-16(7-14(20)21)5-6-19(9-16)15(22)18(3)4/h5-10H2,1-4H3. The number of aromatic nitrogens is 1. The van der Waals surface area contributed by atoms with Gasteiger partial charge < -0.3 is 19.2 Å². The predicted molar refractivity (Wildman–Crippen MR) is 83.7 cm³/mol. The van der Waals surface area contributed by atoms with Crippen LogP contribution in [0.5, 0.6) is 0 Å². The highest BCUT2D eigenvalue weighted by molar-refractivity contribution is 5.80. The first-order chi connectivity index (χ1) is 10.8. The Morgan fingerprint density at radius 2 is 2.09 bits per heavy atom. The zero-order chi connectivity index (χ0) is 16.8. The summed E-state index contributed by atoms with van der Waals surface area (Å²) in [6, 6.07) is 0.0264. The van der Waals surface area contributed by atoms with Gasteiger partial charge in [-0.15, -0.1) is 0 Å². The lowest BCUT2D eigenvalue weighted by Gasteiger charge is -2.25. The Bertz CT molecular complexity index is 620. The van der Waals surface area contributed by atoms with E-state index >= 15 is 0 Å². The van der Waals surface area contributed by atoms with Crippen molar-refractivity contribution in [3.8, 4) is 0 Å². The summed E-state index contributed by atoms with van der Waals surface area (Å²) in [4.78, 5) is 29.9. The summed E-state index contributed by atoms with van der Waals surface area (Å²) in [6.45, 7) is 6.40. The average molecular weight is 320 g/mol. The second kappa shape index (κ2) is 5.54. The molecule has 0 aromatic carbocycles. The van der Waals surface area contributed by atoms with Crippen LogP contribution in [0.15, 0.2) is 4.52 Å². The van der Waals surface area contributed by atoms with E-state index < -0.39 is 0 Å². The SMILES string of the molecule is Cc1noc(C)c1CN1CC2(CCN(C(=O)N(C)C)C2)CC1=O. The number of carbonyl (C=O) groups excluding carboxylic acids is 2. The van der Waals surface area contributed by atoms with Crippen molar-refractivity contribution in [2.45, 2.75) is 33.2 Å². The molecule has 0 aliphatic carbocycles. The molecule has 7 nitrogen and oxygen atoms in total. The summed E-state index contributed by atoms with van der Waals surface area (Å²) < 4.78 is 5.19. The molecule has 2 fully saturated rings. The van der Waals surface area contributed by atoms with Gasteiger partial charge in [0.25, 0.3) is 0 Å². The van der Waals surface area contributed by atoms with Crippen molar-refractivity contribution < 1.29 is 14.1 Å². The first kappa shape index (κ1) is 15.8. The highest BCUT2D eigenvalue weighted by atomic mass is 16.5. The molecular weight excluding hydrogens is 296 g/mol. The molecule has 0 saturated carbocycles. The molecule has 0 radical (unpaired) electrons. The van der Waals surface area contributed by atoms with Gasteiger partial charge in [0.2, 0.25) is 5.91 Å². The summed E-state index contributed by atoms with van der Waals surface area (Å²) in [7, 11) is 3.52. The monoisotopic (exact) mass is 320 g/mol. The van der Waals surface area contributed by atoms with Crippen LogP contribution in [0.4, 0.5) is 4.79 Å². The van der Waals surface area contributed by atoms with Gasteiger partial charge in [-0.05, 0) is 20.3 Å². The molecule has 3 rings (SSSR count). The van der Waals surface area contributed by atoms with Crippen molar-refractivity contribution in [3.05, 3.63) is 17.0 Å². The zero-order valence-corrected chi connectivity index (χ0v) is 14.3. The van der Waals surface area contributed by atoms with E-state index in [0.29, 0.717) is 26.1 Å². The Morgan fingerprint density at radius 3 is 2.70 bits per heavy atom. The normalized spacial score (nSPS) is 24.1. The lowest BCUT2D eigenvalue weighted by Crippen LogP contribution is -2.39. The molecule has 126 valence electrons. The second-order valence-electron chi connectivity index (χ2n) is 7.08. The molecule has 2 saturated heterocycles. The van der Waals surface area contributed by atoms with Crippen LogP contribution in [-0.2, 0) is 11.3 Å². The smallest absolute Gasteiger partial charge is 0.319 e. The Labute approximate surface area is 136 Å². The van der Waals surface area contributed by atoms with Crippen LogP contribution in [0.3, 0.4) is 0 Å². The van der Waals surface area contributed by atoms with Gasteiger partial charge in [-0.25, -0.2) is 4.79 Å². The molecule has 3 heterocycles. The lowest BCUT2D eigenvalue weighted by molar-refractivity contribution is -0.128. The average Bonchev–Trinajstić information content (AvgIpc) is 3.13. The largest absolute Gasteiger partial charge is 0.361 e. The number of likely N-dealkylation sites (tertiary alicyclic amines) is 2. The van der Waals surface area contributed by atoms with Crippen molar-refractivity contribution in [1.82, 2.24) is 19.9 Å². The Kier molecular flexibility index (Phi) is 3.82. The molecule has 2 aliphatic heterocycles. The minimum Gasteiger partial charge on any atom is -0.361 e. The Balaban J connectivity index is 1.70. The number of carbonyl (C=O) groups is 2. The molecule has 0 N–H and O–H groups in total. The van der Waals surface area contributed by atoms with Crippen LogP contribution < -0.4 is 0 Å². The van der Waals surface area contributed by atoms with Crippen molar-refractivity contribution in [3.63, 3.8) is 0 Å². The third-order valence-corrected chi connectivity index (χ3v) is 5.03. The van der Waals surface area contributed by atoms with Crippen molar-refractivity contribution in [2.75, 3.05) is 33.7 Å². The molecule has 1 atom stereocenters. The van der Waals surface area contributed by atoms with Crippen molar-refractivity contribution in [2.24, 2.45) is 5.41 Å². The van der Waals surface area contributed by atoms with E-state index in [-0.39, 0.29) is 17.4 Å². The fraction of sp³-hybridized carbons (Fsp3) is 0.688. The van der Waals surface area contributed by atoms with E-state index in [4.69, 9.17) is 4.52 Å². The Morgan fingerprint density at radius 1 is 1.35 bits per heavy atom. The predicted octanol–water partition coefficient (Wildman–Crippen LogP) is 1.40. The highest BCUT2D eigenvalue weighted by Gasteiger charge is 2.48. The number of hydrogen-bond donors (Lipinski definition) is 0. The van der Waals surface area contributed by atoms with E-state index in [1.165, 1.54) is 0 Å². The van der Waals surface area contributed by atoms with E-state index in [2.05, 4.69) is 5.16 Å². The number of aryl methyl sites for hydroxylation is 2. The molecule has 2 aliphatic rings. The van der Waals surface area contributed by atoms with E-state index in [1.54, 1.807) is 19.0 Å². The molecule has 1 spiro atoms. The summed E-state index contributed by atoms with van der Waals surface area (Å²) in [6.07, 6.45) is 1.41. The van der Waals surface area contributed by atoms with Gasteiger partial charge in [-0.2, -0.15) is 0 Å². The minimum absolute atomic E-state index is 0.0264. The third kappa shape index (κ3) is 2.80. The third-order valence-electron chi connectivity index (χ3n) is 5.03. The number of hydrogen-bond acceptors (Lipinski definition) is 4. The minimum atomic E-state index is -0.0955. The lowest BCUT2D eigenvalue weighted by atomic mass is 9.86. The summed E-state index contributed by atoms with van der Waals surface area (Å²) in [5.74, 6) is 0.927. The number of nitrogens with zero attached hydrogens (tertiary/aromatic N) is 4. The molecule has 23 heavy (non-hydrogen) atoms. The van der Waals surface area contributed by atoms with Crippen LogP contribution in [0.25, 0.3) is 0 Å². The van der Waals surface area contributed by atoms with Crippen molar-refractivity contribution in [1.29, 1.82) is 0 Å². The first-order valence-corrected chi connectivity index (χ1v) is 7.97. The van der Waals surface area contributed by atoms with E-state index in [1.807, 2.05) is 23.6 Å². The highest BCUT2D eigenvalue weighted by Crippen LogP contribution is 2.41. The molecule has 1 aromatic heterocycles. The zero-order valence-electron chi connectivity index (χ0n) is 14.3. The molecule has 3 amide bonds. The fourth-order valence-corrected chi connectivity index (χ4v) is 3.70. The maximum absolute atomic E-state index is 12.5. The summed E-state index contributed by atoms with van der Waals surface area (Å²) >= 11 is 0. The van der Waals surface area contributed by atoms with Gasteiger partial charge >= 0.3 is 6.03 Å². The van der Waals surface area contributed by atoms with Gasteiger partial charge in [-0.1, -0.05) is 5.16 Å². The topological polar surface area (TPSA) is 69.9 Å². The molecule has 1 unspecified atom stereocenters. The Hall–Kier alpha value is -2.05. The van der Waals surface area contributed by atoms with Gasteiger partial charge in [0.1, 0.15) is 5.76 Å². The molecule has 0 bridgehead atoms. The number of amides is 3. The van der Waals surface area contributed by atoms with Crippen LogP contribution in [0.2, 0.25) is 0 Å². The number of urea groups is 1. The first-order valence-electron chi connectivity index (χ1n) is 7.97. The van der Waals surface area contributed by atoms with Crippen molar-refractivity contribution >= 4 is 11.9 Å². The quantitative estimate of drug-likeness (QED) is 0.826.